The van der Waals surface area contributed by atoms with Crippen molar-refractivity contribution in [1.29, 1.82) is 0 Å². The number of hydrogen-bond acceptors (Lipinski definition) is 6. The molecule has 0 aliphatic rings. The van der Waals surface area contributed by atoms with Crippen molar-refractivity contribution in [3.63, 3.8) is 0 Å². The summed E-state index contributed by atoms with van der Waals surface area (Å²) in [4.78, 5) is 24.9. The van der Waals surface area contributed by atoms with Crippen molar-refractivity contribution < 1.29 is 14.3 Å². The molecule has 34 heavy (non-hydrogen) atoms. The Morgan fingerprint density at radius 2 is 1.91 bits per heavy atom. The number of ether oxygens (including phenoxy) is 1. The van der Waals surface area contributed by atoms with E-state index in [4.69, 9.17) is 16.3 Å². The van der Waals surface area contributed by atoms with Crippen LogP contribution < -0.4 is 15.4 Å². The average molecular weight is 567 g/mol. The maximum Gasteiger partial charge on any atom is 0.234 e. The molecule has 1 atom stereocenters. The van der Waals surface area contributed by atoms with Crippen LogP contribution in [0.25, 0.3) is 0 Å². The molecule has 3 rings (SSSR count). The zero-order chi connectivity index (χ0) is 24.7. The van der Waals surface area contributed by atoms with E-state index in [-0.39, 0.29) is 30.0 Å². The van der Waals surface area contributed by atoms with E-state index in [1.807, 2.05) is 42.7 Å². The number of halogens is 2. The Morgan fingerprint density at radius 3 is 2.56 bits per heavy atom. The molecule has 0 fully saturated rings. The number of methoxy groups -OCH3 is 1. The fraction of sp³-hybridized carbons (Fsp3) is 0.304. The average Bonchev–Trinajstić information content (AvgIpc) is 3.23. The number of thioether (sulfide) groups is 1. The second-order valence-electron chi connectivity index (χ2n) is 7.36. The number of benzene rings is 2. The summed E-state index contributed by atoms with van der Waals surface area (Å²) < 4.78 is 7.80. The van der Waals surface area contributed by atoms with Crippen LogP contribution >= 0.6 is 39.3 Å². The van der Waals surface area contributed by atoms with Crippen LogP contribution in [0, 0.1) is 0 Å². The fourth-order valence-corrected chi connectivity index (χ4v) is 4.45. The van der Waals surface area contributed by atoms with Gasteiger partial charge in [0, 0.05) is 16.7 Å². The number of carbonyl (C=O) groups excluding carboxylic acids is 2. The Bertz CT molecular complexity index is 1160. The zero-order valence-corrected chi connectivity index (χ0v) is 22.1. The summed E-state index contributed by atoms with van der Waals surface area (Å²) in [6.07, 6.45) is 0.246. The first-order valence-electron chi connectivity index (χ1n) is 10.5. The summed E-state index contributed by atoms with van der Waals surface area (Å²) in [5.41, 5.74) is 1.50. The molecule has 0 saturated heterocycles. The molecule has 2 aromatic carbocycles. The molecule has 0 radical (unpaired) electrons. The van der Waals surface area contributed by atoms with Gasteiger partial charge in [0.1, 0.15) is 5.75 Å². The first kappa shape index (κ1) is 26.1. The lowest BCUT2D eigenvalue weighted by atomic mass is 10.1. The summed E-state index contributed by atoms with van der Waals surface area (Å²) in [6, 6.07) is 12.2. The standard InChI is InChI=1S/C23H25BrClN5O3S/c1-4-30-22(14(2)26-20(31)11-15-5-8-17(33-3)9-6-15)28-29-23(30)34-13-21(32)27-16-7-10-18(24)19(25)12-16/h5-10,12,14H,4,11,13H2,1-3H3,(H,26,31)(H,27,32)/t14-/m0/s1. The summed E-state index contributed by atoms with van der Waals surface area (Å²) in [6.45, 7) is 4.43. The number of hydrogen-bond donors (Lipinski definition) is 2. The van der Waals surface area contributed by atoms with Gasteiger partial charge in [-0.1, -0.05) is 35.5 Å². The van der Waals surface area contributed by atoms with Crippen molar-refractivity contribution in [2.75, 3.05) is 18.2 Å². The summed E-state index contributed by atoms with van der Waals surface area (Å²) in [7, 11) is 1.60. The molecule has 0 aliphatic heterocycles. The van der Waals surface area contributed by atoms with Gasteiger partial charge in [0.05, 0.1) is 30.3 Å². The minimum atomic E-state index is -0.341. The molecule has 0 spiro atoms. The quantitative estimate of drug-likeness (QED) is 0.340. The van der Waals surface area contributed by atoms with Crippen molar-refractivity contribution in [1.82, 2.24) is 20.1 Å². The molecular formula is C23H25BrClN5O3S. The third kappa shape index (κ3) is 6.97. The minimum absolute atomic E-state index is 0.120. The molecule has 1 heterocycles. The smallest absolute Gasteiger partial charge is 0.234 e. The predicted octanol–water partition coefficient (Wildman–Crippen LogP) is 4.87. The number of amides is 2. The Kier molecular flexibility index (Phi) is 9.37. The largest absolute Gasteiger partial charge is 0.497 e. The van der Waals surface area contributed by atoms with E-state index >= 15 is 0 Å². The molecule has 11 heteroatoms. The number of nitrogens with one attached hydrogen (secondary N) is 2. The Balaban J connectivity index is 1.57. The van der Waals surface area contributed by atoms with Gasteiger partial charge < -0.3 is 19.9 Å². The fourth-order valence-electron chi connectivity index (χ4n) is 3.21. The Hall–Kier alpha value is -2.56. The van der Waals surface area contributed by atoms with E-state index in [9.17, 15) is 9.59 Å². The number of carbonyl (C=O) groups is 2. The zero-order valence-electron chi connectivity index (χ0n) is 19.0. The van der Waals surface area contributed by atoms with Gasteiger partial charge in [-0.05, 0) is 65.7 Å². The lowest BCUT2D eigenvalue weighted by Gasteiger charge is -2.15. The second kappa shape index (κ2) is 12.2. The van der Waals surface area contributed by atoms with Crippen LogP contribution in [0.5, 0.6) is 5.75 Å². The van der Waals surface area contributed by atoms with Crippen molar-refractivity contribution in [3.05, 3.63) is 63.3 Å². The van der Waals surface area contributed by atoms with Crippen LogP contribution in [0.4, 0.5) is 5.69 Å². The van der Waals surface area contributed by atoms with E-state index in [0.29, 0.717) is 28.2 Å². The molecule has 0 saturated carbocycles. The highest BCUT2D eigenvalue weighted by molar-refractivity contribution is 9.10. The van der Waals surface area contributed by atoms with E-state index < -0.39 is 0 Å². The summed E-state index contributed by atoms with van der Waals surface area (Å²) in [5, 5.41) is 15.4. The molecule has 3 aromatic rings. The lowest BCUT2D eigenvalue weighted by molar-refractivity contribution is -0.121. The highest BCUT2D eigenvalue weighted by atomic mass is 79.9. The predicted molar refractivity (Wildman–Crippen MR) is 137 cm³/mol. The highest BCUT2D eigenvalue weighted by Gasteiger charge is 2.20. The van der Waals surface area contributed by atoms with Gasteiger partial charge in [-0.2, -0.15) is 0 Å². The van der Waals surface area contributed by atoms with Crippen LogP contribution in [0.3, 0.4) is 0 Å². The van der Waals surface area contributed by atoms with E-state index in [1.54, 1.807) is 25.3 Å². The van der Waals surface area contributed by atoms with Gasteiger partial charge in [-0.25, -0.2) is 0 Å². The second-order valence-corrected chi connectivity index (χ2v) is 9.57. The van der Waals surface area contributed by atoms with Crippen LogP contribution in [0.2, 0.25) is 5.02 Å². The summed E-state index contributed by atoms with van der Waals surface area (Å²) in [5.74, 6) is 1.23. The number of aromatic nitrogens is 3. The first-order chi connectivity index (χ1) is 16.3. The van der Waals surface area contributed by atoms with E-state index in [0.717, 1.165) is 15.8 Å². The Labute approximate surface area is 215 Å². The SMILES string of the molecule is CCn1c(SCC(=O)Nc2ccc(Br)c(Cl)c2)nnc1[C@H](C)NC(=O)Cc1ccc(OC)cc1. The molecule has 180 valence electrons. The molecule has 2 amide bonds. The molecule has 8 nitrogen and oxygen atoms in total. The van der Waals surface area contributed by atoms with Crippen LogP contribution in [-0.4, -0.2) is 39.4 Å². The van der Waals surface area contributed by atoms with Crippen molar-refractivity contribution in [2.24, 2.45) is 0 Å². The topological polar surface area (TPSA) is 98.1 Å². The van der Waals surface area contributed by atoms with Gasteiger partial charge in [0.25, 0.3) is 0 Å². The Morgan fingerprint density at radius 1 is 1.18 bits per heavy atom. The van der Waals surface area contributed by atoms with Gasteiger partial charge in [0.2, 0.25) is 11.8 Å². The maximum atomic E-state index is 12.5. The monoisotopic (exact) mass is 565 g/mol. The van der Waals surface area contributed by atoms with Gasteiger partial charge >= 0.3 is 0 Å². The first-order valence-corrected chi connectivity index (χ1v) is 12.7. The van der Waals surface area contributed by atoms with E-state index in [2.05, 4.69) is 36.8 Å². The van der Waals surface area contributed by atoms with Crippen molar-refractivity contribution in [3.8, 4) is 5.75 Å². The number of rotatable bonds is 10. The van der Waals surface area contributed by atoms with Gasteiger partial charge in [0.15, 0.2) is 11.0 Å². The van der Waals surface area contributed by atoms with Gasteiger partial charge in [-0.3, -0.25) is 9.59 Å². The minimum Gasteiger partial charge on any atom is -0.497 e. The third-order valence-corrected chi connectivity index (χ3v) is 7.09. The van der Waals surface area contributed by atoms with Crippen LogP contribution in [-0.2, 0) is 22.6 Å². The third-order valence-electron chi connectivity index (χ3n) is 4.89. The lowest BCUT2D eigenvalue weighted by Crippen LogP contribution is -2.30. The highest BCUT2D eigenvalue weighted by Crippen LogP contribution is 2.26. The number of anilines is 1. The molecule has 1 aromatic heterocycles. The molecule has 0 unspecified atom stereocenters. The van der Waals surface area contributed by atoms with Gasteiger partial charge in [-0.15, -0.1) is 10.2 Å². The molecular weight excluding hydrogens is 542 g/mol. The van der Waals surface area contributed by atoms with Crippen molar-refractivity contribution >= 4 is 56.8 Å². The molecule has 2 N–H and O–H groups in total. The number of nitrogens with zero attached hydrogens (tertiary/aromatic N) is 3. The maximum absolute atomic E-state index is 12.5. The van der Waals surface area contributed by atoms with Crippen LogP contribution in [0.15, 0.2) is 52.1 Å². The molecule has 0 bridgehead atoms. The normalized spacial score (nSPS) is 11.7. The summed E-state index contributed by atoms with van der Waals surface area (Å²) >= 11 is 10.7. The van der Waals surface area contributed by atoms with E-state index in [1.165, 1.54) is 11.8 Å². The van der Waals surface area contributed by atoms with Crippen molar-refractivity contribution in [2.45, 2.75) is 38.0 Å². The molecule has 0 aliphatic carbocycles. The van der Waals surface area contributed by atoms with Crippen LogP contribution in [0.1, 0.15) is 31.3 Å².